The first-order valence-electron chi connectivity index (χ1n) is 42.7. The maximum absolute atomic E-state index is 14.3. The number of fused-ring (bicyclic) bond motifs is 3. The Bertz CT molecular complexity index is 4170. The molecule has 0 saturated heterocycles. The van der Waals surface area contributed by atoms with Crippen molar-refractivity contribution in [3.8, 4) is 0 Å². The SMILES string of the molecule is CCCCC(CC)CN1C(=O)C2=C(c3ccc(C=O)s3)N(CC(CC)CCCC)C(=O)C2=C1c1cccs1.CCCCC(CC)CN1C(=O)C2=C(c3ccccc3)N(CC(CC)CCCC)C(=O)C2=C1c1ccccc1.CCCCC(CC)CN1C(=O)C2=C(c3cccs3)N(CC(CC)CCCC)C(=O)C2=C1c1cccs1. The first kappa shape index (κ1) is 86.6. The Morgan fingerprint density at radius 2 is 0.509 bits per heavy atom. The van der Waals surface area contributed by atoms with Crippen molar-refractivity contribution in [3.63, 3.8) is 0 Å². The van der Waals surface area contributed by atoms with Crippen LogP contribution in [-0.2, 0) is 28.8 Å². The lowest BCUT2D eigenvalue weighted by Crippen LogP contribution is -2.34. The highest BCUT2D eigenvalue weighted by Crippen LogP contribution is 2.53. The van der Waals surface area contributed by atoms with Gasteiger partial charge in [0.05, 0.1) is 92.0 Å². The van der Waals surface area contributed by atoms with Crippen molar-refractivity contribution in [2.45, 2.75) is 237 Å². The van der Waals surface area contributed by atoms with Gasteiger partial charge in [-0.05, 0) is 132 Å². The monoisotopic (exact) mass is 1590 g/mol. The van der Waals surface area contributed by atoms with E-state index < -0.39 is 0 Å². The Kier molecular flexibility index (Phi) is 32.9. The number of aldehydes is 1. The standard InChI is InChI=1S/C34H44N2O2.C31H40N2O3S2.C30H40N2O2S2/c1-5-9-17-25(7-3)23-35-31(27-19-13-11-14-20-27)29-30(33(35)37)32(28-21-15-12-16-22-28)36(34(29)38)24-26(8-4)18-10-6-2;1-5-9-12-21(7-3)18-32-28(24-14-11-17-37-24)26-27(31(32)36)29(25-16-15-23(20-34)38-25)33(30(26)35)19-22(8-4)13-10-6-2;1-5-9-13-21(7-3)19-31-27(23-15-11-17-35-23)25-26(29(31)33)28(24-16-12-18-36-24)32(30(25)34)20-22(8-4)14-10-6-2/h11-16,19-22,25-26H,5-10,17-18,23-24H2,1-4H3;11,14-17,20-22H,5-10,12-13,18-19H2,1-4H3;11-12,15-18,21-22H,5-10,13-14,19-20H2,1-4H3. The summed E-state index contributed by atoms with van der Waals surface area (Å²) >= 11 is 6.17. The van der Waals surface area contributed by atoms with Gasteiger partial charge in [0.2, 0.25) is 0 Å². The van der Waals surface area contributed by atoms with Crippen molar-refractivity contribution in [2.75, 3.05) is 39.3 Å². The van der Waals surface area contributed by atoms with Crippen LogP contribution in [0, 0.1) is 35.5 Å². The largest absolute Gasteiger partial charge is 0.307 e. The molecule has 0 saturated carbocycles. The summed E-state index contributed by atoms with van der Waals surface area (Å²) in [5.41, 5.74) is 10.1. The van der Waals surface area contributed by atoms with Crippen LogP contribution >= 0.6 is 45.3 Å². The zero-order chi connectivity index (χ0) is 80.0. The van der Waals surface area contributed by atoms with E-state index in [-0.39, 0.29) is 35.4 Å². The summed E-state index contributed by atoms with van der Waals surface area (Å²) in [7, 11) is 0. The molecule has 12 rings (SSSR count). The molecule has 10 heterocycles. The third-order valence-electron chi connectivity index (χ3n) is 23.8. The summed E-state index contributed by atoms with van der Waals surface area (Å²) in [5.74, 6) is 2.21. The maximum atomic E-state index is 14.3. The van der Waals surface area contributed by atoms with E-state index in [4.69, 9.17) is 0 Å². The smallest absolute Gasteiger partial charge is 0.261 e. The van der Waals surface area contributed by atoms with Gasteiger partial charge in [-0.1, -0.05) is 278 Å². The van der Waals surface area contributed by atoms with E-state index in [1.807, 2.05) is 137 Å². The Balaban J connectivity index is 0.000000178. The number of amides is 6. The van der Waals surface area contributed by atoms with Crippen LogP contribution in [0.5, 0.6) is 0 Å². The first-order valence-corrected chi connectivity index (χ1v) is 46.2. The number of carbonyl (C=O) groups is 7. The molecule has 4 aromatic heterocycles. The van der Waals surface area contributed by atoms with E-state index in [1.165, 1.54) is 11.3 Å². The second-order valence-corrected chi connectivity index (χ2v) is 35.3. The highest BCUT2D eigenvalue weighted by molar-refractivity contribution is 7.15. The van der Waals surface area contributed by atoms with Gasteiger partial charge in [0.15, 0.2) is 6.29 Å². The number of hydrogen-bond acceptors (Lipinski definition) is 11. The van der Waals surface area contributed by atoms with Gasteiger partial charge in [-0.3, -0.25) is 33.6 Å². The predicted molar refractivity (Wildman–Crippen MR) is 467 cm³/mol. The van der Waals surface area contributed by atoms with Crippen molar-refractivity contribution in [3.05, 3.63) is 194 Å². The van der Waals surface area contributed by atoms with Gasteiger partial charge < -0.3 is 29.4 Å². The number of hydrogen-bond donors (Lipinski definition) is 0. The molecule has 0 spiro atoms. The Morgan fingerprint density at radius 1 is 0.277 bits per heavy atom. The molecule has 13 nitrogen and oxygen atoms in total. The first-order chi connectivity index (χ1) is 54.6. The van der Waals surface area contributed by atoms with E-state index in [2.05, 4.69) is 95.2 Å². The maximum Gasteiger partial charge on any atom is 0.261 e. The molecule has 17 heteroatoms. The Hall–Kier alpha value is -7.83. The van der Waals surface area contributed by atoms with Crippen molar-refractivity contribution in [1.82, 2.24) is 29.4 Å². The average molecular weight is 1590 g/mol. The minimum absolute atomic E-state index is 0.00389. The van der Waals surface area contributed by atoms with Gasteiger partial charge in [-0.2, -0.15) is 0 Å². The second kappa shape index (κ2) is 42.5. The number of thiophene rings is 4. The second-order valence-electron chi connectivity index (χ2n) is 31.3. The van der Waals surface area contributed by atoms with Crippen LogP contribution in [-0.4, -0.2) is 110 Å². The van der Waals surface area contributed by atoms with Crippen LogP contribution in [0.2, 0.25) is 0 Å². The molecule has 112 heavy (non-hydrogen) atoms. The van der Waals surface area contributed by atoms with E-state index in [1.54, 1.807) is 40.1 Å². The van der Waals surface area contributed by atoms with E-state index in [0.717, 1.165) is 220 Å². The highest BCUT2D eigenvalue weighted by atomic mass is 32.1. The zero-order valence-corrected chi connectivity index (χ0v) is 72.3. The fourth-order valence-electron chi connectivity index (χ4n) is 16.9. The van der Waals surface area contributed by atoms with Crippen molar-refractivity contribution in [2.24, 2.45) is 35.5 Å². The fourth-order valence-corrected chi connectivity index (χ4v) is 20.1. The minimum atomic E-state index is -0.0770. The number of rotatable bonds is 43. The molecular weight excluding hydrogens is 1470 g/mol. The normalized spacial score (nSPS) is 17.2. The molecule has 0 fully saturated rings. The molecular formula is C95H124N6O7S4. The Labute approximate surface area is 685 Å². The Morgan fingerprint density at radius 3 is 0.714 bits per heavy atom. The summed E-state index contributed by atoms with van der Waals surface area (Å²) in [4.78, 5) is 113. The summed E-state index contributed by atoms with van der Waals surface area (Å²) in [6, 6.07) is 35.9. The van der Waals surface area contributed by atoms with Crippen LogP contribution in [0.3, 0.4) is 0 Å². The number of unbranched alkanes of at least 4 members (excludes halogenated alkanes) is 6. The van der Waals surface area contributed by atoms with Gasteiger partial charge in [-0.15, -0.1) is 45.3 Å². The van der Waals surface area contributed by atoms with Crippen LogP contribution in [0.4, 0.5) is 0 Å². The van der Waals surface area contributed by atoms with Crippen LogP contribution in [0.1, 0.15) is 277 Å². The molecule has 0 bridgehead atoms. The molecule has 6 aliphatic rings. The highest BCUT2D eigenvalue weighted by Gasteiger charge is 2.53. The predicted octanol–water partition coefficient (Wildman–Crippen LogP) is 23.8. The van der Waals surface area contributed by atoms with Crippen molar-refractivity contribution < 1.29 is 33.6 Å². The molecule has 0 radical (unpaired) electrons. The van der Waals surface area contributed by atoms with Gasteiger partial charge in [0, 0.05) is 39.3 Å². The number of nitrogens with zero attached hydrogens (tertiary/aromatic N) is 6. The van der Waals surface area contributed by atoms with Crippen molar-refractivity contribution >= 4 is 121 Å². The van der Waals surface area contributed by atoms with Crippen LogP contribution in [0.15, 0.2) is 159 Å². The minimum Gasteiger partial charge on any atom is -0.307 e. The fraction of sp³-hybridized carbons (Fsp3) is 0.505. The molecule has 2 aromatic carbocycles. The van der Waals surface area contributed by atoms with Gasteiger partial charge >= 0.3 is 0 Å². The van der Waals surface area contributed by atoms with Gasteiger partial charge in [0.1, 0.15) is 0 Å². The lowest BCUT2D eigenvalue weighted by Gasteiger charge is -2.29. The molecule has 6 atom stereocenters. The van der Waals surface area contributed by atoms with Gasteiger partial charge in [0.25, 0.3) is 35.4 Å². The molecule has 600 valence electrons. The van der Waals surface area contributed by atoms with Crippen LogP contribution < -0.4 is 0 Å². The molecule has 0 aliphatic carbocycles. The lowest BCUT2D eigenvalue weighted by atomic mass is 9.97. The quantitative estimate of drug-likeness (QED) is 0.0347. The van der Waals surface area contributed by atoms with Gasteiger partial charge in [-0.25, -0.2) is 0 Å². The lowest BCUT2D eigenvalue weighted by molar-refractivity contribution is -0.124. The summed E-state index contributed by atoms with van der Waals surface area (Å²) < 4.78 is 0. The summed E-state index contributed by atoms with van der Waals surface area (Å²) in [5, 5.41) is 6.08. The summed E-state index contributed by atoms with van der Waals surface area (Å²) in [6.07, 6.45) is 27.1. The zero-order valence-electron chi connectivity index (χ0n) is 69.1. The molecule has 0 N–H and O–H groups in total. The summed E-state index contributed by atoms with van der Waals surface area (Å²) in [6.45, 7) is 30.3. The third-order valence-corrected chi connectivity index (χ3v) is 27.4. The number of carbonyl (C=O) groups excluding carboxylic acids is 7. The topological polar surface area (TPSA) is 139 Å². The molecule has 6 aromatic rings. The average Bonchev–Trinajstić information content (AvgIpc) is 1.57. The van der Waals surface area contributed by atoms with Crippen molar-refractivity contribution in [1.29, 1.82) is 0 Å². The van der Waals surface area contributed by atoms with E-state index >= 15 is 0 Å². The van der Waals surface area contributed by atoms with E-state index in [9.17, 15) is 33.6 Å². The number of benzene rings is 2. The third kappa shape index (κ3) is 19.4. The van der Waals surface area contributed by atoms with E-state index in [0.29, 0.717) is 119 Å². The molecule has 6 amide bonds. The van der Waals surface area contributed by atoms with Crippen LogP contribution in [0.25, 0.3) is 34.2 Å². The molecule has 6 aliphatic heterocycles. The molecule has 6 unspecified atom stereocenters.